The Hall–Kier alpha value is -2.31. The van der Waals surface area contributed by atoms with Crippen LogP contribution < -0.4 is 10.6 Å². The van der Waals surface area contributed by atoms with Crippen molar-refractivity contribution in [2.75, 3.05) is 10.6 Å². The van der Waals surface area contributed by atoms with E-state index in [-0.39, 0.29) is 17.8 Å². The Labute approximate surface area is 133 Å². The van der Waals surface area contributed by atoms with Crippen molar-refractivity contribution in [1.29, 1.82) is 0 Å². The van der Waals surface area contributed by atoms with Gasteiger partial charge in [0.15, 0.2) is 5.69 Å². The van der Waals surface area contributed by atoms with Gasteiger partial charge in [-0.25, -0.2) is 4.98 Å². The average molecular weight is 324 g/mol. The molecular formula is C16H19F3N4. The first kappa shape index (κ1) is 17.1. The monoisotopic (exact) mass is 324 g/mol. The van der Waals surface area contributed by atoms with Crippen molar-refractivity contribution >= 4 is 17.5 Å². The van der Waals surface area contributed by atoms with Crippen LogP contribution in [0.25, 0.3) is 0 Å². The average Bonchev–Trinajstić information content (AvgIpc) is 2.48. The number of halogens is 3. The third kappa shape index (κ3) is 4.84. The second-order valence-corrected chi connectivity index (χ2v) is 5.40. The fourth-order valence-electron chi connectivity index (χ4n) is 1.83. The summed E-state index contributed by atoms with van der Waals surface area (Å²) in [6.45, 7) is 5.72. The lowest BCUT2D eigenvalue weighted by atomic mass is 10.2. The van der Waals surface area contributed by atoms with Crippen molar-refractivity contribution in [3.8, 4) is 0 Å². The summed E-state index contributed by atoms with van der Waals surface area (Å²) in [5, 5.41) is 5.76. The zero-order valence-corrected chi connectivity index (χ0v) is 13.2. The van der Waals surface area contributed by atoms with Crippen LogP contribution in [0, 0.1) is 6.92 Å². The molecule has 0 aliphatic carbocycles. The number of rotatable bonds is 5. The van der Waals surface area contributed by atoms with Gasteiger partial charge in [0.2, 0.25) is 5.95 Å². The molecule has 0 spiro atoms. The molecule has 1 aromatic heterocycles. The van der Waals surface area contributed by atoms with Crippen LogP contribution in [-0.2, 0) is 6.18 Å². The molecule has 2 aromatic rings. The minimum atomic E-state index is -4.53. The van der Waals surface area contributed by atoms with Gasteiger partial charge >= 0.3 is 6.18 Å². The summed E-state index contributed by atoms with van der Waals surface area (Å²) in [5.41, 5.74) is 0.748. The van der Waals surface area contributed by atoms with E-state index in [0.29, 0.717) is 5.69 Å². The summed E-state index contributed by atoms with van der Waals surface area (Å²) in [7, 11) is 0. The molecule has 0 bridgehead atoms. The van der Waals surface area contributed by atoms with Gasteiger partial charge < -0.3 is 10.6 Å². The molecule has 0 saturated carbocycles. The van der Waals surface area contributed by atoms with Crippen LogP contribution in [0.5, 0.6) is 0 Å². The van der Waals surface area contributed by atoms with Crippen LogP contribution >= 0.6 is 0 Å². The third-order valence-electron chi connectivity index (χ3n) is 3.33. The summed E-state index contributed by atoms with van der Waals surface area (Å²) in [5.74, 6) is 0.0609. The fourth-order valence-corrected chi connectivity index (χ4v) is 1.83. The van der Waals surface area contributed by atoms with E-state index in [1.54, 1.807) is 12.1 Å². The lowest BCUT2D eigenvalue weighted by molar-refractivity contribution is -0.141. The number of nitrogens with one attached hydrogen (secondary N) is 2. The van der Waals surface area contributed by atoms with Gasteiger partial charge in [-0.05, 0) is 32.4 Å². The zero-order chi connectivity index (χ0) is 17.0. The molecule has 1 heterocycles. The van der Waals surface area contributed by atoms with Crippen LogP contribution in [0.3, 0.4) is 0 Å². The maximum Gasteiger partial charge on any atom is 0.433 e. The molecule has 0 radical (unpaired) electrons. The second kappa shape index (κ2) is 6.85. The predicted molar refractivity (Wildman–Crippen MR) is 84.9 cm³/mol. The van der Waals surface area contributed by atoms with E-state index < -0.39 is 11.9 Å². The quantitative estimate of drug-likeness (QED) is 0.833. The molecule has 0 unspecified atom stereocenters. The van der Waals surface area contributed by atoms with E-state index in [4.69, 9.17) is 0 Å². The van der Waals surface area contributed by atoms with Crippen molar-refractivity contribution < 1.29 is 13.2 Å². The third-order valence-corrected chi connectivity index (χ3v) is 3.33. The Morgan fingerprint density at radius 3 is 2.35 bits per heavy atom. The molecule has 23 heavy (non-hydrogen) atoms. The molecule has 1 atom stereocenters. The number of aryl methyl sites for hydroxylation is 1. The topological polar surface area (TPSA) is 49.8 Å². The summed E-state index contributed by atoms with van der Waals surface area (Å²) < 4.78 is 39.0. The van der Waals surface area contributed by atoms with Crippen LogP contribution in [-0.4, -0.2) is 16.0 Å². The molecule has 2 N–H and O–H groups in total. The molecule has 0 aliphatic heterocycles. The highest BCUT2D eigenvalue weighted by molar-refractivity contribution is 5.58. The van der Waals surface area contributed by atoms with Gasteiger partial charge in [-0.15, -0.1) is 0 Å². The minimum Gasteiger partial charge on any atom is -0.352 e. The Kier molecular flexibility index (Phi) is 5.08. The highest BCUT2D eigenvalue weighted by atomic mass is 19.4. The van der Waals surface area contributed by atoms with Crippen LogP contribution in [0.4, 0.5) is 30.6 Å². The van der Waals surface area contributed by atoms with Crippen molar-refractivity contribution in [3.63, 3.8) is 0 Å². The maximum absolute atomic E-state index is 13.0. The number of alkyl halides is 3. The number of benzene rings is 1. The van der Waals surface area contributed by atoms with E-state index in [1.165, 1.54) is 0 Å². The van der Waals surface area contributed by atoms with Crippen molar-refractivity contribution in [1.82, 2.24) is 9.97 Å². The van der Waals surface area contributed by atoms with Gasteiger partial charge in [-0.1, -0.05) is 24.6 Å². The molecule has 1 aromatic carbocycles. The Morgan fingerprint density at radius 1 is 1.13 bits per heavy atom. The molecule has 0 saturated heterocycles. The number of aromatic nitrogens is 2. The molecule has 4 nitrogen and oxygen atoms in total. The van der Waals surface area contributed by atoms with E-state index in [2.05, 4.69) is 20.6 Å². The predicted octanol–water partition coefficient (Wildman–Crippen LogP) is 4.76. The lowest BCUT2D eigenvalue weighted by Gasteiger charge is -2.15. The van der Waals surface area contributed by atoms with Gasteiger partial charge in [0.25, 0.3) is 0 Å². The largest absolute Gasteiger partial charge is 0.433 e. The summed E-state index contributed by atoms with van der Waals surface area (Å²) in [6.07, 6.45) is -3.78. The summed E-state index contributed by atoms with van der Waals surface area (Å²) in [4.78, 5) is 7.68. The molecule has 7 heteroatoms. The second-order valence-electron chi connectivity index (χ2n) is 5.40. The van der Waals surface area contributed by atoms with Gasteiger partial charge in [0.05, 0.1) is 0 Å². The van der Waals surface area contributed by atoms with Gasteiger partial charge in [0, 0.05) is 17.8 Å². The smallest absolute Gasteiger partial charge is 0.352 e. The molecule has 124 valence electrons. The van der Waals surface area contributed by atoms with Gasteiger partial charge in [0.1, 0.15) is 5.82 Å². The lowest BCUT2D eigenvalue weighted by Crippen LogP contribution is -2.18. The van der Waals surface area contributed by atoms with Gasteiger partial charge in [-0.3, -0.25) is 0 Å². The standard InChI is InChI=1S/C16H19F3N4/c1-4-11(3)20-15-22-13(16(17,18)19)9-14(23-15)21-12-7-5-10(2)6-8-12/h5-9,11H,4H2,1-3H3,(H2,20,21,22,23)/t11-/m0/s1. The van der Waals surface area contributed by atoms with E-state index in [9.17, 15) is 13.2 Å². The highest BCUT2D eigenvalue weighted by Crippen LogP contribution is 2.30. The van der Waals surface area contributed by atoms with Crippen LogP contribution in [0.1, 0.15) is 31.5 Å². The normalized spacial score (nSPS) is 12.8. The number of nitrogens with zero attached hydrogens (tertiary/aromatic N) is 2. The summed E-state index contributed by atoms with van der Waals surface area (Å²) >= 11 is 0. The van der Waals surface area contributed by atoms with Gasteiger partial charge in [-0.2, -0.15) is 18.2 Å². The Bertz CT molecular complexity index is 653. The minimum absolute atomic E-state index is 0.0225. The zero-order valence-electron chi connectivity index (χ0n) is 13.2. The first-order valence-corrected chi connectivity index (χ1v) is 7.34. The molecule has 0 amide bonds. The van der Waals surface area contributed by atoms with Crippen molar-refractivity contribution in [2.45, 2.75) is 39.4 Å². The van der Waals surface area contributed by atoms with Crippen LogP contribution in [0.2, 0.25) is 0 Å². The van der Waals surface area contributed by atoms with Crippen LogP contribution in [0.15, 0.2) is 30.3 Å². The first-order valence-electron chi connectivity index (χ1n) is 7.34. The molecule has 0 aliphatic rings. The molecule has 2 rings (SSSR count). The Morgan fingerprint density at radius 2 is 1.78 bits per heavy atom. The highest BCUT2D eigenvalue weighted by Gasteiger charge is 2.33. The maximum atomic E-state index is 13.0. The number of anilines is 3. The molecule has 0 fully saturated rings. The molecular weight excluding hydrogens is 305 g/mol. The number of hydrogen-bond donors (Lipinski definition) is 2. The Balaban J connectivity index is 2.33. The number of hydrogen-bond acceptors (Lipinski definition) is 4. The SMILES string of the molecule is CC[C@H](C)Nc1nc(Nc2ccc(C)cc2)cc(C(F)(F)F)n1. The van der Waals surface area contributed by atoms with E-state index >= 15 is 0 Å². The van der Waals surface area contributed by atoms with E-state index in [1.807, 2.05) is 32.9 Å². The van der Waals surface area contributed by atoms with Crippen molar-refractivity contribution in [3.05, 3.63) is 41.6 Å². The summed E-state index contributed by atoms with van der Waals surface area (Å²) in [6, 6.07) is 8.19. The first-order chi connectivity index (χ1) is 10.8. The fraction of sp³-hybridized carbons (Fsp3) is 0.375. The van der Waals surface area contributed by atoms with Crippen molar-refractivity contribution in [2.24, 2.45) is 0 Å². The van der Waals surface area contributed by atoms with E-state index in [0.717, 1.165) is 18.1 Å².